The molecule has 0 radical (unpaired) electrons. The van der Waals surface area contributed by atoms with Crippen LogP contribution in [0.1, 0.15) is 12.5 Å². The minimum Gasteiger partial charge on any atom is -0.497 e. The minimum absolute atomic E-state index is 0.147. The van der Waals surface area contributed by atoms with Gasteiger partial charge in [0.2, 0.25) is 0 Å². The lowest BCUT2D eigenvalue weighted by Crippen LogP contribution is -2.46. The van der Waals surface area contributed by atoms with Gasteiger partial charge < -0.3 is 9.47 Å². The Hall–Kier alpha value is -0.770. The second kappa shape index (κ2) is 6.41. The van der Waals surface area contributed by atoms with Crippen molar-refractivity contribution in [2.75, 3.05) is 26.1 Å². The molecule has 1 aromatic rings. The van der Waals surface area contributed by atoms with E-state index < -0.39 is 0 Å². The quantitative estimate of drug-likeness (QED) is 0.784. The molecule has 0 bridgehead atoms. The third-order valence-corrected chi connectivity index (χ3v) is 3.48. The van der Waals surface area contributed by atoms with E-state index >= 15 is 0 Å². The van der Waals surface area contributed by atoms with Crippen molar-refractivity contribution in [2.45, 2.75) is 25.7 Å². The molecule has 1 aliphatic rings. The van der Waals surface area contributed by atoms with Gasteiger partial charge in [0.1, 0.15) is 5.75 Å². The molecule has 0 aliphatic carbocycles. The van der Waals surface area contributed by atoms with Gasteiger partial charge in [-0.15, -0.1) is 11.6 Å². The predicted octanol–water partition coefficient (Wildman–Crippen LogP) is 2.52. The Morgan fingerprint density at radius 2 is 2.06 bits per heavy atom. The van der Waals surface area contributed by atoms with Gasteiger partial charge in [0.05, 0.1) is 19.3 Å². The highest BCUT2D eigenvalue weighted by atomic mass is 35.5. The zero-order valence-corrected chi connectivity index (χ0v) is 11.7. The van der Waals surface area contributed by atoms with E-state index in [1.165, 1.54) is 5.56 Å². The van der Waals surface area contributed by atoms with E-state index in [2.05, 4.69) is 24.0 Å². The summed E-state index contributed by atoms with van der Waals surface area (Å²) in [4.78, 5) is 2.39. The summed E-state index contributed by atoms with van der Waals surface area (Å²) < 4.78 is 10.9. The lowest BCUT2D eigenvalue weighted by Gasteiger charge is -2.36. The number of methoxy groups -OCH3 is 1. The van der Waals surface area contributed by atoms with Gasteiger partial charge in [0, 0.05) is 25.5 Å². The average molecular weight is 270 g/mol. The molecule has 1 aliphatic heterocycles. The molecule has 3 nitrogen and oxygen atoms in total. The maximum absolute atomic E-state index is 5.89. The molecule has 1 heterocycles. The second-order valence-corrected chi connectivity index (χ2v) is 5.07. The maximum Gasteiger partial charge on any atom is 0.118 e. The number of nitrogens with zero attached hydrogens (tertiary/aromatic N) is 1. The topological polar surface area (TPSA) is 21.7 Å². The molecule has 100 valence electrons. The number of halogens is 1. The molecule has 0 spiro atoms. The smallest absolute Gasteiger partial charge is 0.118 e. The minimum atomic E-state index is 0.147. The average Bonchev–Trinajstić information content (AvgIpc) is 2.39. The molecule has 18 heavy (non-hydrogen) atoms. The van der Waals surface area contributed by atoms with Crippen LogP contribution in [0.3, 0.4) is 0 Å². The molecule has 0 N–H and O–H groups in total. The highest BCUT2D eigenvalue weighted by Gasteiger charge is 2.24. The second-order valence-electron chi connectivity index (χ2n) is 4.77. The Morgan fingerprint density at radius 1 is 1.33 bits per heavy atom. The first-order chi connectivity index (χ1) is 8.71. The maximum atomic E-state index is 5.89. The summed E-state index contributed by atoms with van der Waals surface area (Å²) in [6.07, 6.45) is 0.398. The number of benzene rings is 1. The van der Waals surface area contributed by atoms with Gasteiger partial charge in [-0.3, -0.25) is 4.90 Å². The lowest BCUT2D eigenvalue weighted by atomic mass is 10.1. The standard InChI is InChI=1S/C14H20ClNO2/c1-11-8-16(10-14(7-15)18-11)9-12-3-5-13(17-2)6-4-12/h3-6,11,14H,7-10H2,1-2H3. The Kier molecular flexibility index (Phi) is 4.87. The van der Waals surface area contributed by atoms with E-state index in [1.54, 1.807) is 7.11 Å². The van der Waals surface area contributed by atoms with E-state index in [0.717, 1.165) is 25.4 Å². The Bertz CT molecular complexity index is 369. The van der Waals surface area contributed by atoms with Gasteiger partial charge in [-0.25, -0.2) is 0 Å². The van der Waals surface area contributed by atoms with Crippen molar-refractivity contribution in [2.24, 2.45) is 0 Å². The number of hydrogen-bond acceptors (Lipinski definition) is 3. The Morgan fingerprint density at radius 3 is 2.67 bits per heavy atom. The number of rotatable bonds is 4. The van der Waals surface area contributed by atoms with Crippen LogP contribution < -0.4 is 4.74 Å². The van der Waals surface area contributed by atoms with Crippen LogP contribution in [0.5, 0.6) is 5.75 Å². The highest BCUT2D eigenvalue weighted by molar-refractivity contribution is 6.18. The van der Waals surface area contributed by atoms with Crippen LogP contribution in [0.2, 0.25) is 0 Å². The number of morpholine rings is 1. The first-order valence-corrected chi connectivity index (χ1v) is 6.81. The van der Waals surface area contributed by atoms with Crippen molar-refractivity contribution in [3.05, 3.63) is 29.8 Å². The summed E-state index contributed by atoms with van der Waals surface area (Å²) in [5.41, 5.74) is 1.29. The molecule has 1 saturated heterocycles. The number of hydrogen-bond donors (Lipinski definition) is 0. The Labute approximate surface area is 114 Å². The van der Waals surface area contributed by atoms with Crippen molar-refractivity contribution in [3.8, 4) is 5.75 Å². The van der Waals surface area contributed by atoms with Gasteiger partial charge in [-0.1, -0.05) is 12.1 Å². The van der Waals surface area contributed by atoms with Crippen LogP contribution in [0.25, 0.3) is 0 Å². The molecular formula is C14H20ClNO2. The summed E-state index contributed by atoms with van der Waals surface area (Å²) in [5.74, 6) is 1.46. The fourth-order valence-electron chi connectivity index (χ4n) is 2.34. The summed E-state index contributed by atoms with van der Waals surface area (Å²) in [6, 6.07) is 8.21. The van der Waals surface area contributed by atoms with Crippen LogP contribution in [-0.4, -0.2) is 43.2 Å². The number of alkyl halides is 1. The van der Waals surface area contributed by atoms with Crippen molar-refractivity contribution >= 4 is 11.6 Å². The van der Waals surface area contributed by atoms with Crippen molar-refractivity contribution < 1.29 is 9.47 Å². The molecule has 1 aromatic carbocycles. The van der Waals surface area contributed by atoms with Crippen molar-refractivity contribution in [1.29, 1.82) is 0 Å². The molecular weight excluding hydrogens is 250 g/mol. The van der Waals surface area contributed by atoms with E-state index in [9.17, 15) is 0 Å². The summed E-state index contributed by atoms with van der Waals surface area (Å²) in [7, 11) is 1.68. The zero-order valence-electron chi connectivity index (χ0n) is 10.9. The Balaban J connectivity index is 1.95. The van der Waals surface area contributed by atoms with Crippen LogP contribution >= 0.6 is 11.6 Å². The van der Waals surface area contributed by atoms with E-state index in [1.807, 2.05) is 12.1 Å². The summed E-state index contributed by atoms with van der Waals surface area (Å²) in [6.45, 7) is 4.89. The molecule has 0 aromatic heterocycles. The van der Waals surface area contributed by atoms with Gasteiger partial charge in [-0.2, -0.15) is 0 Å². The highest BCUT2D eigenvalue weighted by Crippen LogP contribution is 2.17. The monoisotopic (exact) mass is 269 g/mol. The van der Waals surface area contributed by atoms with Crippen LogP contribution in [0.15, 0.2) is 24.3 Å². The molecule has 1 fully saturated rings. The molecule has 2 atom stereocenters. The predicted molar refractivity (Wildman–Crippen MR) is 73.3 cm³/mol. The molecule has 0 amide bonds. The lowest BCUT2D eigenvalue weighted by molar-refractivity contribution is -0.0688. The summed E-state index contributed by atoms with van der Waals surface area (Å²) in [5, 5.41) is 0. The molecule has 0 saturated carbocycles. The first-order valence-electron chi connectivity index (χ1n) is 6.28. The van der Waals surface area contributed by atoms with Crippen LogP contribution in [-0.2, 0) is 11.3 Å². The third-order valence-electron chi connectivity index (χ3n) is 3.14. The normalized spacial score (nSPS) is 25.1. The van der Waals surface area contributed by atoms with Crippen molar-refractivity contribution in [1.82, 2.24) is 4.90 Å². The molecule has 2 rings (SSSR count). The largest absolute Gasteiger partial charge is 0.497 e. The van der Waals surface area contributed by atoms with Gasteiger partial charge in [-0.05, 0) is 24.6 Å². The van der Waals surface area contributed by atoms with E-state index in [-0.39, 0.29) is 12.2 Å². The summed E-state index contributed by atoms with van der Waals surface area (Å²) >= 11 is 5.89. The number of ether oxygens (including phenoxy) is 2. The van der Waals surface area contributed by atoms with E-state index in [4.69, 9.17) is 21.1 Å². The molecule has 4 heteroatoms. The first kappa shape index (κ1) is 13.7. The fraction of sp³-hybridized carbons (Fsp3) is 0.571. The van der Waals surface area contributed by atoms with Gasteiger partial charge >= 0.3 is 0 Å². The van der Waals surface area contributed by atoms with Crippen LogP contribution in [0.4, 0.5) is 0 Å². The zero-order chi connectivity index (χ0) is 13.0. The SMILES string of the molecule is COc1ccc(CN2CC(C)OC(CCl)C2)cc1. The van der Waals surface area contributed by atoms with E-state index in [0.29, 0.717) is 5.88 Å². The van der Waals surface area contributed by atoms with Crippen molar-refractivity contribution in [3.63, 3.8) is 0 Å². The van der Waals surface area contributed by atoms with Gasteiger partial charge in [0.15, 0.2) is 0 Å². The molecule has 2 unspecified atom stereocenters. The van der Waals surface area contributed by atoms with Crippen LogP contribution in [0, 0.1) is 0 Å². The van der Waals surface area contributed by atoms with Gasteiger partial charge in [0.25, 0.3) is 0 Å². The fourth-order valence-corrected chi connectivity index (χ4v) is 2.51. The third kappa shape index (κ3) is 3.61.